The molecule has 0 amide bonds. The van der Waals surface area contributed by atoms with Crippen LogP contribution in [0.4, 0.5) is 4.39 Å². The molecule has 124 valence electrons. The maximum atomic E-state index is 13.4. The van der Waals surface area contributed by atoms with Gasteiger partial charge in [0.2, 0.25) is 5.88 Å². The van der Waals surface area contributed by atoms with Gasteiger partial charge in [-0.1, -0.05) is 23.4 Å². The number of ether oxygens (including phenoxy) is 1. The Morgan fingerprint density at radius 2 is 2.17 bits per heavy atom. The number of benzene rings is 1. The lowest BCUT2D eigenvalue weighted by Crippen LogP contribution is -2.34. The molecule has 1 aliphatic heterocycles. The van der Waals surface area contributed by atoms with Gasteiger partial charge in [0.05, 0.1) is 5.56 Å². The molecule has 0 saturated heterocycles. The Labute approximate surface area is 139 Å². The third kappa shape index (κ3) is 3.53. The lowest BCUT2D eigenvalue weighted by atomic mass is 10.1. The quantitative estimate of drug-likeness (QED) is 0.307. The highest BCUT2D eigenvalue weighted by Crippen LogP contribution is 2.26. The Kier molecular flexibility index (Phi) is 4.74. The minimum Gasteiger partial charge on any atom is -0.438 e. The van der Waals surface area contributed by atoms with E-state index in [9.17, 15) is 9.60 Å². The van der Waals surface area contributed by atoms with Crippen LogP contribution in [0.3, 0.4) is 0 Å². The average Bonchev–Trinajstić information content (AvgIpc) is 2.58. The number of amidine groups is 1. The van der Waals surface area contributed by atoms with Gasteiger partial charge < -0.3 is 14.8 Å². The van der Waals surface area contributed by atoms with Crippen molar-refractivity contribution in [3.05, 3.63) is 65.6 Å². The number of hydrogen-bond acceptors (Lipinski definition) is 4. The zero-order valence-electron chi connectivity index (χ0n) is 13.3. The zero-order chi connectivity index (χ0) is 16.9. The third-order valence-electron chi connectivity index (χ3n) is 3.70. The van der Waals surface area contributed by atoms with E-state index in [1.807, 2.05) is 24.0 Å². The lowest BCUT2D eigenvalue weighted by Gasteiger charge is -2.26. The number of pyridine rings is 1. The van der Waals surface area contributed by atoms with Gasteiger partial charge in [-0.25, -0.2) is 9.37 Å². The highest BCUT2D eigenvalue weighted by Gasteiger charge is 2.20. The van der Waals surface area contributed by atoms with E-state index in [0.717, 1.165) is 18.7 Å². The van der Waals surface area contributed by atoms with E-state index in [2.05, 4.69) is 16.2 Å². The summed E-state index contributed by atoms with van der Waals surface area (Å²) in [6.45, 7) is 3.22. The van der Waals surface area contributed by atoms with E-state index < -0.39 is 0 Å². The predicted octanol–water partition coefficient (Wildman–Crippen LogP) is 3.72. The Bertz CT molecular complexity index is 790. The van der Waals surface area contributed by atoms with Gasteiger partial charge in [0, 0.05) is 24.8 Å². The van der Waals surface area contributed by atoms with Crippen LogP contribution in [0.1, 0.15) is 17.7 Å². The predicted molar refractivity (Wildman–Crippen MR) is 89.1 cm³/mol. The minimum atomic E-state index is -0.390. The fourth-order valence-electron chi connectivity index (χ4n) is 2.54. The molecule has 1 aromatic heterocycles. The number of hydrogen-bond donors (Lipinski definition) is 1. The largest absolute Gasteiger partial charge is 0.438 e. The molecular formula is C18H18FN3O2. The summed E-state index contributed by atoms with van der Waals surface area (Å²) in [6, 6.07) is 9.46. The highest BCUT2D eigenvalue weighted by atomic mass is 19.1. The van der Waals surface area contributed by atoms with E-state index in [-0.39, 0.29) is 11.7 Å². The van der Waals surface area contributed by atoms with E-state index >= 15 is 0 Å². The Morgan fingerprint density at radius 1 is 1.29 bits per heavy atom. The van der Waals surface area contributed by atoms with Gasteiger partial charge in [-0.05, 0) is 37.6 Å². The van der Waals surface area contributed by atoms with Crippen LogP contribution >= 0.6 is 0 Å². The van der Waals surface area contributed by atoms with Crippen LogP contribution < -0.4 is 4.74 Å². The van der Waals surface area contributed by atoms with Gasteiger partial charge in [0.15, 0.2) is 5.84 Å². The van der Waals surface area contributed by atoms with E-state index in [1.165, 1.54) is 12.1 Å². The number of aryl methyl sites for hydroxylation is 1. The summed E-state index contributed by atoms with van der Waals surface area (Å²) in [6.07, 6.45) is 4.98. The fraction of sp³-hybridized carbons (Fsp3) is 0.222. The maximum absolute atomic E-state index is 13.4. The molecular weight excluding hydrogens is 309 g/mol. The smallest absolute Gasteiger partial charge is 0.230 e. The highest BCUT2D eigenvalue weighted by molar-refractivity contribution is 6.00. The molecule has 3 rings (SSSR count). The summed E-state index contributed by atoms with van der Waals surface area (Å²) in [7, 11) is 0. The summed E-state index contributed by atoms with van der Waals surface area (Å²) < 4.78 is 19.1. The molecule has 0 fully saturated rings. The molecule has 0 unspecified atom stereocenters. The first-order valence-electron chi connectivity index (χ1n) is 7.71. The van der Waals surface area contributed by atoms with Crippen LogP contribution in [0.2, 0.25) is 0 Å². The molecule has 0 radical (unpaired) electrons. The molecule has 1 N–H and O–H groups in total. The van der Waals surface area contributed by atoms with Crippen LogP contribution in [0.5, 0.6) is 11.6 Å². The molecule has 2 heterocycles. The second kappa shape index (κ2) is 7.12. The van der Waals surface area contributed by atoms with Crippen LogP contribution in [-0.2, 0) is 0 Å². The van der Waals surface area contributed by atoms with Crippen molar-refractivity contribution in [1.82, 2.24) is 9.88 Å². The van der Waals surface area contributed by atoms with Crippen LogP contribution in [0.25, 0.3) is 0 Å². The molecule has 0 atom stereocenters. The van der Waals surface area contributed by atoms with Crippen molar-refractivity contribution in [2.24, 2.45) is 5.16 Å². The van der Waals surface area contributed by atoms with Crippen LogP contribution in [0.15, 0.2) is 53.7 Å². The van der Waals surface area contributed by atoms with Crippen molar-refractivity contribution in [2.45, 2.75) is 13.3 Å². The lowest BCUT2D eigenvalue weighted by molar-refractivity contribution is 0.302. The average molecular weight is 327 g/mol. The van der Waals surface area contributed by atoms with Crippen molar-refractivity contribution in [3.8, 4) is 11.6 Å². The monoisotopic (exact) mass is 327 g/mol. The second-order valence-electron chi connectivity index (χ2n) is 5.49. The number of halogens is 1. The van der Waals surface area contributed by atoms with Crippen molar-refractivity contribution in [3.63, 3.8) is 0 Å². The minimum absolute atomic E-state index is 0.281. The van der Waals surface area contributed by atoms with Crippen LogP contribution in [0, 0.1) is 12.7 Å². The Hall–Kier alpha value is -2.89. The summed E-state index contributed by atoms with van der Waals surface area (Å²) in [5.41, 5.74) is 1.31. The Balaban J connectivity index is 1.97. The number of nitrogens with zero attached hydrogens (tertiary/aromatic N) is 3. The van der Waals surface area contributed by atoms with Crippen molar-refractivity contribution in [1.29, 1.82) is 0 Å². The fourth-order valence-corrected chi connectivity index (χ4v) is 2.54. The zero-order valence-corrected chi connectivity index (χ0v) is 13.3. The first-order valence-corrected chi connectivity index (χ1v) is 7.71. The molecule has 0 aliphatic carbocycles. The van der Waals surface area contributed by atoms with Gasteiger partial charge >= 0.3 is 0 Å². The number of rotatable bonds is 3. The summed E-state index contributed by atoms with van der Waals surface area (Å²) in [5, 5.41) is 13.0. The van der Waals surface area contributed by atoms with Crippen LogP contribution in [-0.4, -0.2) is 34.0 Å². The van der Waals surface area contributed by atoms with Gasteiger partial charge in [0.1, 0.15) is 11.6 Å². The summed E-state index contributed by atoms with van der Waals surface area (Å²) >= 11 is 0. The molecule has 2 aromatic rings. The van der Waals surface area contributed by atoms with Crippen molar-refractivity contribution in [2.75, 3.05) is 13.1 Å². The molecule has 24 heavy (non-hydrogen) atoms. The van der Waals surface area contributed by atoms with E-state index in [1.54, 1.807) is 18.2 Å². The molecule has 0 spiro atoms. The first-order chi connectivity index (χ1) is 11.7. The molecule has 0 bridgehead atoms. The van der Waals surface area contributed by atoms with Gasteiger partial charge in [-0.15, -0.1) is 0 Å². The molecule has 5 nitrogen and oxygen atoms in total. The normalized spacial score (nSPS) is 14.8. The topological polar surface area (TPSA) is 58.0 Å². The standard InChI is InChI=1S/C18H18FN3O2/c1-13-8-9-16(17(21-23)22-10-3-2-4-11-22)18(20-13)24-15-7-5-6-14(19)12-15/h2-3,5-9,12,23H,4,10-11H2,1H3/b21-17-. The van der Waals surface area contributed by atoms with Gasteiger partial charge in [-0.3, -0.25) is 0 Å². The van der Waals surface area contributed by atoms with Gasteiger partial charge in [0.25, 0.3) is 0 Å². The molecule has 1 aromatic carbocycles. The van der Waals surface area contributed by atoms with Crippen molar-refractivity contribution >= 4 is 5.84 Å². The number of aromatic nitrogens is 1. The SMILES string of the molecule is Cc1ccc(/C(=N/O)N2CC=CCC2)c(Oc2cccc(F)c2)n1. The maximum Gasteiger partial charge on any atom is 0.230 e. The first kappa shape index (κ1) is 16.0. The molecule has 6 heteroatoms. The van der Waals surface area contributed by atoms with Gasteiger partial charge in [-0.2, -0.15) is 0 Å². The van der Waals surface area contributed by atoms with E-state index in [4.69, 9.17) is 4.74 Å². The summed E-state index contributed by atoms with van der Waals surface area (Å²) in [4.78, 5) is 6.32. The third-order valence-corrected chi connectivity index (χ3v) is 3.70. The summed E-state index contributed by atoms with van der Waals surface area (Å²) in [5.74, 6) is 0.616. The number of oxime groups is 1. The second-order valence-corrected chi connectivity index (χ2v) is 5.49. The Morgan fingerprint density at radius 3 is 2.88 bits per heavy atom. The molecule has 1 aliphatic rings. The van der Waals surface area contributed by atoms with E-state index in [0.29, 0.717) is 23.7 Å². The van der Waals surface area contributed by atoms with Crippen molar-refractivity contribution < 1.29 is 14.3 Å². The molecule has 0 saturated carbocycles.